The quantitative estimate of drug-likeness (QED) is 0.431. The molecule has 0 radical (unpaired) electrons. The van der Waals surface area contributed by atoms with Crippen molar-refractivity contribution in [3.63, 3.8) is 0 Å². The van der Waals surface area contributed by atoms with E-state index in [1.54, 1.807) is 0 Å². The summed E-state index contributed by atoms with van der Waals surface area (Å²) in [6, 6.07) is 15.8. The Morgan fingerprint density at radius 3 is 2.63 bits per heavy atom. The lowest BCUT2D eigenvalue weighted by atomic mass is 9.96. The van der Waals surface area contributed by atoms with Gasteiger partial charge in [-0.1, -0.05) is 35.9 Å². The maximum absolute atomic E-state index is 13.0. The van der Waals surface area contributed by atoms with Crippen LogP contribution in [-0.2, 0) is 11.3 Å². The van der Waals surface area contributed by atoms with Crippen LogP contribution in [0.25, 0.3) is 16.6 Å². The first kappa shape index (κ1) is 23.3. The highest BCUT2D eigenvalue weighted by Crippen LogP contribution is 2.31. The van der Waals surface area contributed by atoms with Gasteiger partial charge in [-0.2, -0.15) is 10.2 Å². The number of nitrogens with zero attached hydrogens (tertiary/aromatic N) is 5. The van der Waals surface area contributed by atoms with Crippen molar-refractivity contribution in [3.8, 4) is 5.69 Å². The van der Waals surface area contributed by atoms with E-state index in [4.69, 9.17) is 16.7 Å². The lowest BCUT2D eigenvalue weighted by Crippen LogP contribution is -2.43. The van der Waals surface area contributed by atoms with Crippen LogP contribution in [0.2, 0.25) is 5.02 Å². The maximum Gasteiger partial charge on any atom is 0.225 e. The molecule has 1 atom stereocenters. The molecule has 1 amide bonds. The second-order valence-corrected chi connectivity index (χ2v) is 9.67. The second kappa shape index (κ2) is 9.66. The molecule has 2 aromatic carbocycles. The predicted octanol–water partition coefficient (Wildman–Crippen LogP) is 4.93. The molecule has 1 aliphatic rings. The molecular weight excluding hydrogens is 460 g/mol. The van der Waals surface area contributed by atoms with E-state index in [0.29, 0.717) is 18.1 Å². The Balaban J connectivity index is 1.40. The number of piperidine rings is 1. The van der Waals surface area contributed by atoms with Crippen molar-refractivity contribution in [2.45, 2.75) is 40.2 Å². The van der Waals surface area contributed by atoms with Crippen molar-refractivity contribution in [3.05, 3.63) is 76.1 Å². The molecule has 1 fully saturated rings. The van der Waals surface area contributed by atoms with Crippen LogP contribution in [0.15, 0.2) is 48.5 Å². The number of carbonyl (C=O) groups excluding carboxylic acids is 1. The molecule has 4 aromatic rings. The standard InChI is InChI=1S/C27H29ClN6O/c1-17-7-4-5-8-20(17)15-29-27(35)21-9-6-14-33(16-21)26-25-24(18(2)30-31-26)19(3)34(32-25)23-12-10-22(28)11-13-23/h4-5,7-8,10-13,21H,6,9,14-16H2,1-3H3,(H,29,35). The van der Waals surface area contributed by atoms with Gasteiger partial charge in [0.15, 0.2) is 5.82 Å². The summed E-state index contributed by atoms with van der Waals surface area (Å²) in [6.45, 7) is 8.02. The molecule has 2 aromatic heterocycles. The Bertz CT molecular complexity index is 1380. The fourth-order valence-electron chi connectivity index (χ4n) is 4.88. The normalized spacial score (nSPS) is 16.0. The van der Waals surface area contributed by atoms with Gasteiger partial charge in [0.2, 0.25) is 5.91 Å². The number of aromatic nitrogens is 4. The van der Waals surface area contributed by atoms with Crippen molar-refractivity contribution in [2.75, 3.05) is 18.0 Å². The van der Waals surface area contributed by atoms with E-state index in [-0.39, 0.29) is 11.8 Å². The molecule has 0 saturated carbocycles. The maximum atomic E-state index is 13.0. The summed E-state index contributed by atoms with van der Waals surface area (Å²) in [7, 11) is 0. The van der Waals surface area contributed by atoms with Crippen LogP contribution in [0.1, 0.15) is 35.4 Å². The van der Waals surface area contributed by atoms with Gasteiger partial charge in [-0.3, -0.25) is 4.79 Å². The average Bonchev–Trinajstić information content (AvgIpc) is 3.22. The number of hydrogen-bond acceptors (Lipinski definition) is 5. The molecule has 0 bridgehead atoms. The number of anilines is 1. The minimum atomic E-state index is -0.106. The highest BCUT2D eigenvalue weighted by Gasteiger charge is 2.29. The summed E-state index contributed by atoms with van der Waals surface area (Å²) in [5.41, 5.74) is 5.91. The van der Waals surface area contributed by atoms with E-state index in [1.807, 2.05) is 54.9 Å². The fourth-order valence-corrected chi connectivity index (χ4v) is 5.00. The molecule has 1 N–H and O–H groups in total. The number of hydrogen-bond donors (Lipinski definition) is 1. The SMILES string of the molecule is Cc1ccccc1CNC(=O)C1CCCN(c2nnc(C)c3c(C)n(-c4ccc(Cl)cc4)nc23)C1. The Morgan fingerprint density at radius 1 is 1.09 bits per heavy atom. The monoisotopic (exact) mass is 488 g/mol. The average molecular weight is 489 g/mol. The minimum Gasteiger partial charge on any atom is -0.352 e. The van der Waals surface area contributed by atoms with Gasteiger partial charge < -0.3 is 10.2 Å². The third-order valence-corrected chi connectivity index (χ3v) is 7.11. The Hall–Kier alpha value is -3.45. The molecule has 0 spiro atoms. The number of rotatable bonds is 5. The van der Waals surface area contributed by atoms with E-state index in [1.165, 1.54) is 5.56 Å². The molecule has 1 saturated heterocycles. The Labute approximate surface area is 210 Å². The summed E-state index contributed by atoms with van der Waals surface area (Å²) >= 11 is 6.08. The molecule has 5 rings (SSSR count). The van der Waals surface area contributed by atoms with Gasteiger partial charge in [0.25, 0.3) is 0 Å². The van der Waals surface area contributed by atoms with Crippen molar-refractivity contribution < 1.29 is 4.79 Å². The van der Waals surface area contributed by atoms with Gasteiger partial charge in [-0.05, 0) is 69.0 Å². The molecule has 180 valence electrons. The number of benzene rings is 2. The van der Waals surface area contributed by atoms with Crippen molar-refractivity contribution >= 4 is 34.2 Å². The zero-order chi connectivity index (χ0) is 24.5. The lowest BCUT2D eigenvalue weighted by molar-refractivity contribution is -0.125. The molecule has 1 unspecified atom stereocenters. The first-order valence-corrected chi connectivity index (χ1v) is 12.4. The van der Waals surface area contributed by atoms with Crippen LogP contribution in [0, 0.1) is 26.7 Å². The zero-order valence-corrected chi connectivity index (χ0v) is 21.0. The van der Waals surface area contributed by atoms with Gasteiger partial charge in [0, 0.05) is 24.7 Å². The van der Waals surface area contributed by atoms with Gasteiger partial charge in [-0.25, -0.2) is 4.68 Å². The summed E-state index contributed by atoms with van der Waals surface area (Å²) < 4.78 is 1.91. The van der Waals surface area contributed by atoms with E-state index < -0.39 is 0 Å². The second-order valence-electron chi connectivity index (χ2n) is 9.24. The van der Waals surface area contributed by atoms with Gasteiger partial charge in [-0.15, -0.1) is 5.10 Å². The van der Waals surface area contributed by atoms with Crippen molar-refractivity contribution in [1.82, 2.24) is 25.3 Å². The minimum absolute atomic E-state index is 0.0807. The summed E-state index contributed by atoms with van der Waals surface area (Å²) in [6.07, 6.45) is 1.77. The number of nitrogens with one attached hydrogen (secondary N) is 1. The number of amides is 1. The van der Waals surface area contributed by atoms with E-state index in [9.17, 15) is 4.79 Å². The van der Waals surface area contributed by atoms with Crippen molar-refractivity contribution in [1.29, 1.82) is 0 Å². The zero-order valence-electron chi connectivity index (χ0n) is 20.3. The van der Waals surface area contributed by atoms with Crippen LogP contribution in [0.3, 0.4) is 0 Å². The van der Waals surface area contributed by atoms with Gasteiger partial charge in [0.1, 0.15) is 5.52 Å². The van der Waals surface area contributed by atoms with Crippen LogP contribution in [-0.4, -0.2) is 39.0 Å². The topological polar surface area (TPSA) is 75.9 Å². The van der Waals surface area contributed by atoms with Gasteiger partial charge >= 0.3 is 0 Å². The molecule has 8 heteroatoms. The molecule has 0 aliphatic carbocycles. The largest absolute Gasteiger partial charge is 0.352 e. The van der Waals surface area contributed by atoms with Crippen LogP contribution in [0.5, 0.6) is 0 Å². The third-order valence-electron chi connectivity index (χ3n) is 6.86. The first-order chi connectivity index (χ1) is 16.9. The number of fused-ring (bicyclic) bond motifs is 1. The molecule has 1 aliphatic heterocycles. The molecule has 7 nitrogen and oxygen atoms in total. The lowest BCUT2D eigenvalue weighted by Gasteiger charge is -2.32. The van der Waals surface area contributed by atoms with Gasteiger partial charge in [0.05, 0.1) is 28.4 Å². The third kappa shape index (κ3) is 4.60. The van der Waals surface area contributed by atoms with Crippen molar-refractivity contribution in [2.24, 2.45) is 5.92 Å². The molecule has 3 heterocycles. The Kier molecular flexibility index (Phi) is 6.43. The summed E-state index contributed by atoms with van der Waals surface area (Å²) in [5, 5.41) is 18.7. The number of aryl methyl sites for hydroxylation is 3. The van der Waals surface area contributed by atoms with Crippen LogP contribution < -0.4 is 10.2 Å². The van der Waals surface area contributed by atoms with E-state index in [0.717, 1.165) is 58.7 Å². The smallest absolute Gasteiger partial charge is 0.225 e. The Morgan fingerprint density at radius 2 is 1.86 bits per heavy atom. The fraction of sp³-hybridized carbons (Fsp3) is 0.333. The highest BCUT2D eigenvalue weighted by molar-refractivity contribution is 6.30. The van der Waals surface area contributed by atoms with Crippen LogP contribution >= 0.6 is 11.6 Å². The number of carbonyl (C=O) groups is 1. The molecule has 35 heavy (non-hydrogen) atoms. The van der Waals surface area contributed by atoms with Crippen LogP contribution in [0.4, 0.5) is 5.82 Å². The van der Waals surface area contributed by atoms with E-state index in [2.05, 4.69) is 39.5 Å². The highest BCUT2D eigenvalue weighted by atomic mass is 35.5. The summed E-state index contributed by atoms with van der Waals surface area (Å²) in [4.78, 5) is 15.2. The summed E-state index contributed by atoms with van der Waals surface area (Å²) in [5.74, 6) is 0.709. The predicted molar refractivity (Wildman–Crippen MR) is 139 cm³/mol. The first-order valence-electron chi connectivity index (χ1n) is 12.0. The van der Waals surface area contributed by atoms with E-state index >= 15 is 0 Å². The molecular formula is C27H29ClN6O. The number of halogens is 1.